The predicted octanol–water partition coefficient (Wildman–Crippen LogP) is 14.0. The van der Waals surface area contributed by atoms with E-state index >= 15 is 0 Å². The summed E-state index contributed by atoms with van der Waals surface area (Å²) in [6, 6.07) is 70.0. The number of nitrogens with zero attached hydrogens (tertiary/aromatic N) is 2. The number of rotatable bonds is 13. The van der Waals surface area contributed by atoms with Crippen molar-refractivity contribution in [3.05, 3.63) is 213 Å². The van der Waals surface area contributed by atoms with Crippen molar-refractivity contribution < 1.29 is 9.76 Å². The van der Waals surface area contributed by atoms with Gasteiger partial charge in [0.2, 0.25) is 0 Å². The highest BCUT2D eigenvalue weighted by molar-refractivity contribution is 6.47. The van der Waals surface area contributed by atoms with Gasteiger partial charge in [0.1, 0.15) is 0 Å². The van der Waals surface area contributed by atoms with Crippen molar-refractivity contribution >= 4 is 12.9 Å². The van der Waals surface area contributed by atoms with E-state index in [9.17, 15) is 5.11 Å². The summed E-state index contributed by atoms with van der Waals surface area (Å²) in [5, 5.41) is 11.4. The summed E-state index contributed by atoms with van der Waals surface area (Å²) in [4.78, 5) is 10.1. The molecule has 0 aliphatic heterocycles. The zero-order valence-corrected chi connectivity index (χ0v) is 36.7. The molecule has 2 aromatic heterocycles. The number of hydrogen-bond acceptors (Lipinski definition) is 4. The Hall–Kier alpha value is -7.18. The number of hydrogen-bond donors (Lipinski definition) is 1. The van der Waals surface area contributed by atoms with E-state index in [1.807, 2.05) is 52.2 Å². The molecule has 0 aliphatic carbocycles. The van der Waals surface area contributed by atoms with Crippen molar-refractivity contribution in [3.8, 4) is 89.3 Å². The molecule has 0 aliphatic rings. The normalized spacial score (nSPS) is 12.4. The average molecular weight is 830 g/mol. The molecule has 0 amide bonds. The van der Waals surface area contributed by atoms with E-state index in [-0.39, 0.29) is 0 Å². The summed E-state index contributed by atoms with van der Waals surface area (Å²) in [7, 11) is 1.81. The first kappa shape index (κ1) is 42.1. The minimum absolute atomic E-state index is 0.543. The molecule has 7 aromatic carbocycles. The second-order valence-corrected chi connectivity index (χ2v) is 17.0. The fraction of sp³-hybridized carbons (Fsp3) is 0.119. The molecule has 1 atom stereocenters. The van der Waals surface area contributed by atoms with Crippen LogP contribution in [0.3, 0.4) is 0 Å². The number of aliphatic hydroxyl groups is 1. The Kier molecular flexibility index (Phi) is 12.0. The van der Waals surface area contributed by atoms with Crippen LogP contribution in [0.1, 0.15) is 34.1 Å². The van der Waals surface area contributed by atoms with Crippen molar-refractivity contribution in [1.29, 1.82) is 0 Å². The molecule has 9 aromatic rings. The van der Waals surface area contributed by atoms with Gasteiger partial charge in [0.25, 0.3) is 0 Å². The van der Waals surface area contributed by atoms with Crippen LogP contribution in [0.15, 0.2) is 213 Å². The van der Waals surface area contributed by atoms with Crippen molar-refractivity contribution in [1.82, 2.24) is 9.97 Å². The van der Waals surface area contributed by atoms with Gasteiger partial charge in [0, 0.05) is 34.6 Å². The lowest BCUT2D eigenvalue weighted by molar-refractivity contribution is -0.104. The Balaban J connectivity index is 1.23. The van der Waals surface area contributed by atoms with Crippen molar-refractivity contribution in [2.45, 2.75) is 45.3 Å². The summed E-state index contributed by atoms with van der Waals surface area (Å²) in [6.07, 6.45) is 4.58. The van der Waals surface area contributed by atoms with Gasteiger partial charge in [-0.15, -0.1) is 0 Å². The summed E-state index contributed by atoms with van der Waals surface area (Å²) < 4.78 is 6.55. The van der Waals surface area contributed by atoms with Gasteiger partial charge >= 0.3 is 7.48 Å². The number of benzene rings is 7. The summed E-state index contributed by atoms with van der Waals surface area (Å²) in [5.74, 6) is 0. The largest absolute Gasteiger partial charge is 0.427 e. The summed E-state index contributed by atoms with van der Waals surface area (Å²) in [5.41, 5.74) is 15.7. The van der Waals surface area contributed by atoms with E-state index in [1.54, 1.807) is 7.48 Å². The second kappa shape index (κ2) is 18.3. The molecule has 4 nitrogen and oxygen atoms in total. The van der Waals surface area contributed by atoms with Gasteiger partial charge < -0.3 is 9.76 Å². The van der Waals surface area contributed by atoms with Gasteiger partial charge in [-0.25, -0.2) is 0 Å². The third kappa shape index (κ3) is 8.74. The molecule has 1 radical (unpaired) electrons. The maximum atomic E-state index is 11.4. The van der Waals surface area contributed by atoms with Crippen LogP contribution in [-0.4, -0.2) is 33.8 Å². The third-order valence-corrected chi connectivity index (χ3v) is 12.6. The van der Waals surface area contributed by atoms with E-state index in [2.05, 4.69) is 188 Å². The second-order valence-electron chi connectivity index (χ2n) is 17.0. The van der Waals surface area contributed by atoms with Crippen molar-refractivity contribution in [3.63, 3.8) is 0 Å². The molecule has 311 valence electrons. The molecule has 1 unspecified atom stereocenters. The van der Waals surface area contributed by atoms with Gasteiger partial charge in [0.15, 0.2) is 0 Å². The Morgan fingerprint density at radius 3 is 1.16 bits per heavy atom. The Labute approximate surface area is 378 Å². The van der Waals surface area contributed by atoms with E-state index in [4.69, 9.17) is 14.6 Å². The maximum Gasteiger partial charge on any atom is 0.330 e. The highest BCUT2D eigenvalue weighted by Crippen LogP contribution is 2.43. The highest BCUT2D eigenvalue weighted by atomic mass is 16.5. The topological polar surface area (TPSA) is 55.2 Å². The van der Waals surface area contributed by atoms with E-state index in [0.29, 0.717) is 6.42 Å². The molecule has 0 fully saturated rings. The van der Waals surface area contributed by atoms with Gasteiger partial charge in [-0.3, -0.25) is 9.97 Å². The first-order valence-corrected chi connectivity index (χ1v) is 22.0. The van der Waals surface area contributed by atoms with Crippen LogP contribution in [0.2, 0.25) is 0 Å². The van der Waals surface area contributed by atoms with Crippen LogP contribution in [0, 0.1) is 0 Å². The van der Waals surface area contributed by atoms with E-state index < -0.39 is 11.2 Å². The van der Waals surface area contributed by atoms with Gasteiger partial charge in [0.05, 0.1) is 22.6 Å². The molecule has 64 heavy (non-hydrogen) atoms. The van der Waals surface area contributed by atoms with Crippen LogP contribution < -0.4 is 5.46 Å². The van der Waals surface area contributed by atoms with Crippen LogP contribution >= 0.6 is 0 Å². The minimum Gasteiger partial charge on any atom is -0.427 e. The molecule has 5 heteroatoms. The lowest BCUT2D eigenvalue weighted by Gasteiger charge is -2.39. The van der Waals surface area contributed by atoms with Crippen molar-refractivity contribution in [2.75, 3.05) is 0 Å². The number of pyridine rings is 2. The molecule has 0 bridgehead atoms. The fourth-order valence-electron chi connectivity index (χ4n) is 8.32. The van der Waals surface area contributed by atoms with Gasteiger partial charge in [-0.05, 0) is 101 Å². The molecule has 0 spiro atoms. The first-order chi connectivity index (χ1) is 31.2. The Morgan fingerprint density at radius 1 is 0.406 bits per heavy atom. The molecule has 2 heterocycles. The molecular formula is C59H50BN2O2. The third-order valence-electron chi connectivity index (χ3n) is 12.6. The summed E-state index contributed by atoms with van der Waals surface area (Å²) in [6.45, 7) is 7.69. The SMILES string of the molecule is CCC(C)(O)C(C)(C)O[B]c1cc(-c2ccccc2-c2cnc(-c3ccccc3)cc2-c2ccccc2)cc(-c2ccccc2-c2cnc(-c3ccccc3)cc2-c2ccccc2)c1. The monoisotopic (exact) mass is 829 g/mol. The molecule has 9 rings (SSSR count). The zero-order valence-electron chi connectivity index (χ0n) is 36.7. The highest BCUT2D eigenvalue weighted by Gasteiger charge is 2.38. The smallest absolute Gasteiger partial charge is 0.330 e. The Bertz CT molecular complexity index is 2840. The fourth-order valence-corrected chi connectivity index (χ4v) is 8.32. The molecule has 1 N–H and O–H groups in total. The van der Waals surface area contributed by atoms with Crippen LogP contribution in [0.5, 0.6) is 0 Å². The van der Waals surface area contributed by atoms with Crippen LogP contribution in [0.25, 0.3) is 89.3 Å². The lowest BCUT2D eigenvalue weighted by atomic mass is 9.78. The minimum atomic E-state index is -1.05. The number of aromatic nitrogens is 2. The van der Waals surface area contributed by atoms with Crippen LogP contribution in [0.4, 0.5) is 0 Å². The first-order valence-electron chi connectivity index (χ1n) is 22.0. The standard InChI is InChI=1S/C59H50BN2O2/c1-5-59(4,63)58(2,3)64-60-47-35-45(48-30-18-20-32-50(48)54-39-61-56(43-26-14-8-15-27-43)37-52(54)41-22-10-6-11-23-41)34-46(36-47)49-31-19-21-33-51(49)55-40-62-57(44-28-16-9-17-29-44)38-53(55)42-24-12-7-13-25-42/h6-40,63H,5H2,1-4H3. The predicted molar refractivity (Wildman–Crippen MR) is 267 cm³/mol. The zero-order chi connectivity index (χ0) is 44.1. The molecular weight excluding hydrogens is 779 g/mol. The Morgan fingerprint density at radius 2 is 0.766 bits per heavy atom. The van der Waals surface area contributed by atoms with Crippen molar-refractivity contribution in [2.24, 2.45) is 0 Å². The lowest BCUT2D eigenvalue weighted by Crippen LogP contribution is -2.51. The quantitative estimate of drug-likeness (QED) is 0.118. The summed E-state index contributed by atoms with van der Waals surface area (Å²) >= 11 is 0. The van der Waals surface area contributed by atoms with E-state index in [1.165, 1.54) is 0 Å². The molecule has 0 saturated carbocycles. The van der Waals surface area contributed by atoms with Gasteiger partial charge in [-0.2, -0.15) is 0 Å². The molecule has 0 saturated heterocycles. The van der Waals surface area contributed by atoms with Gasteiger partial charge in [-0.1, -0.05) is 194 Å². The van der Waals surface area contributed by atoms with E-state index in [0.717, 1.165) is 94.7 Å². The average Bonchev–Trinajstić information content (AvgIpc) is 3.36. The maximum absolute atomic E-state index is 11.4. The van der Waals surface area contributed by atoms with Crippen LogP contribution in [-0.2, 0) is 4.65 Å².